The zero-order valence-corrected chi connectivity index (χ0v) is 25.8. The Morgan fingerprint density at radius 2 is 1.15 bits per heavy atom. The highest BCUT2D eigenvalue weighted by Crippen LogP contribution is 2.33. The lowest BCUT2D eigenvalue weighted by molar-refractivity contribution is -0.114. The van der Waals surface area contributed by atoms with Crippen LogP contribution in [0.1, 0.15) is 72.9 Å². The third-order valence-corrected chi connectivity index (χ3v) is 8.32. The van der Waals surface area contributed by atoms with Gasteiger partial charge in [0.1, 0.15) is 10.1 Å². The SMILES string of the molecule is Cc1cc(Cc2cc(C)c(NC(=O)CSc3cn[nH]n3)c(C(C)C)c2)cc(C(C)C)c1NC(=O)CSc1cn[nH]n1. The lowest BCUT2D eigenvalue weighted by Gasteiger charge is -2.20. The van der Waals surface area contributed by atoms with Gasteiger partial charge in [0, 0.05) is 11.4 Å². The van der Waals surface area contributed by atoms with E-state index in [1.54, 1.807) is 12.4 Å². The van der Waals surface area contributed by atoms with E-state index in [4.69, 9.17) is 0 Å². The maximum absolute atomic E-state index is 12.7. The number of amides is 2. The number of nitrogens with one attached hydrogen (secondary N) is 4. The summed E-state index contributed by atoms with van der Waals surface area (Å²) in [6, 6.07) is 8.68. The minimum atomic E-state index is -0.0787. The Morgan fingerprint density at radius 1 is 0.732 bits per heavy atom. The van der Waals surface area contributed by atoms with E-state index in [1.165, 1.54) is 34.7 Å². The van der Waals surface area contributed by atoms with Gasteiger partial charge in [-0.05, 0) is 65.5 Å². The molecule has 0 fully saturated rings. The number of nitrogens with zero attached hydrogens (tertiary/aromatic N) is 4. The molecule has 0 spiro atoms. The number of carbonyl (C=O) groups is 2. The van der Waals surface area contributed by atoms with Crippen LogP contribution in [0.3, 0.4) is 0 Å². The van der Waals surface area contributed by atoms with Crippen LogP contribution in [0.25, 0.3) is 0 Å². The van der Waals surface area contributed by atoms with Gasteiger partial charge in [-0.3, -0.25) is 9.59 Å². The summed E-state index contributed by atoms with van der Waals surface area (Å²) in [6.07, 6.45) is 3.95. The first-order valence-corrected chi connectivity index (χ1v) is 15.4. The summed E-state index contributed by atoms with van der Waals surface area (Å²) in [5.41, 5.74) is 8.36. The normalized spacial score (nSPS) is 11.3. The molecule has 4 rings (SSSR count). The minimum absolute atomic E-state index is 0.0787. The molecule has 0 saturated carbocycles. The van der Waals surface area contributed by atoms with E-state index in [0.29, 0.717) is 10.1 Å². The van der Waals surface area contributed by atoms with Crippen LogP contribution in [0.5, 0.6) is 0 Å². The lowest BCUT2D eigenvalue weighted by atomic mass is 9.90. The van der Waals surface area contributed by atoms with Crippen LogP contribution in [0, 0.1) is 13.8 Å². The molecule has 0 aliphatic carbocycles. The van der Waals surface area contributed by atoms with Crippen molar-refractivity contribution in [2.45, 2.75) is 69.9 Å². The van der Waals surface area contributed by atoms with Gasteiger partial charge in [0.2, 0.25) is 11.8 Å². The molecule has 2 amide bonds. The first kappa shape index (κ1) is 30.3. The summed E-state index contributed by atoms with van der Waals surface area (Å²) in [6.45, 7) is 12.6. The number of rotatable bonds is 12. The quantitative estimate of drug-likeness (QED) is 0.150. The van der Waals surface area contributed by atoms with Gasteiger partial charge < -0.3 is 10.6 Å². The van der Waals surface area contributed by atoms with Gasteiger partial charge >= 0.3 is 0 Å². The number of thioether (sulfide) groups is 2. The Hall–Kier alpha value is -3.64. The molecule has 216 valence electrons. The van der Waals surface area contributed by atoms with Crippen LogP contribution >= 0.6 is 23.5 Å². The van der Waals surface area contributed by atoms with Crippen LogP contribution in [0.2, 0.25) is 0 Å². The van der Waals surface area contributed by atoms with Crippen molar-refractivity contribution < 1.29 is 9.59 Å². The molecule has 0 aliphatic heterocycles. The van der Waals surface area contributed by atoms with Gasteiger partial charge in [-0.1, -0.05) is 75.5 Å². The van der Waals surface area contributed by atoms with Crippen LogP contribution in [0.15, 0.2) is 46.7 Å². The van der Waals surface area contributed by atoms with Gasteiger partial charge in [-0.2, -0.15) is 20.6 Å². The third kappa shape index (κ3) is 8.20. The zero-order chi connectivity index (χ0) is 29.5. The molecular weight excluding hydrogens is 557 g/mol. The van der Waals surface area contributed by atoms with Crippen molar-refractivity contribution in [3.8, 4) is 0 Å². The summed E-state index contributed by atoms with van der Waals surface area (Å²) in [5, 5.41) is 28.3. The van der Waals surface area contributed by atoms with Crippen molar-refractivity contribution in [3.63, 3.8) is 0 Å². The summed E-state index contributed by atoms with van der Waals surface area (Å²) < 4.78 is 0. The predicted molar refractivity (Wildman–Crippen MR) is 165 cm³/mol. The van der Waals surface area contributed by atoms with E-state index in [0.717, 1.165) is 40.0 Å². The number of benzene rings is 2. The molecule has 2 heterocycles. The average molecular weight is 593 g/mol. The molecule has 12 heteroatoms. The molecular formula is C29H36N8O2S2. The zero-order valence-electron chi connectivity index (χ0n) is 24.2. The number of hydrogen-bond donors (Lipinski definition) is 4. The molecule has 4 N–H and O–H groups in total. The molecule has 2 aromatic carbocycles. The summed E-state index contributed by atoms with van der Waals surface area (Å²) >= 11 is 2.68. The van der Waals surface area contributed by atoms with E-state index < -0.39 is 0 Å². The van der Waals surface area contributed by atoms with E-state index in [2.05, 4.69) is 93.4 Å². The highest BCUT2D eigenvalue weighted by atomic mass is 32.2. The summed E-state index contributed by atoms with van der Waals surface area (Å²) in [7, 11) is 0. The number of carbonyl (C=O) groups excluding carboxylic acids is 2. The van der Waals surface area contributed by atoms with Gasteiger partial charge in [0.15, 0.2) is 0 Å². The first-order valence-electron chi connectivity index (χ1n) is 13.4. The smallest absolute Gasteiger partial charge is 0.234 e. The predicted octanol–water partition coefficient (Wildman–Crippen LogP) is 5.84. The number of aryl methyl sites for hydroxylation is 2. The van der Waals surface area contributed by atoms with E-state index in [-0.39, 0.29) is 35.2 Å². The van der Waals surface area contributed by atoms with Crippen LogP contribution < -0.4 is 10.6 Å². The van der Waals surface area contributed by atoms with Crippen molar-refractivity contribution in [1.29, 1.82) is 0 Å². The number of hydrogen-bond acceptors (Lipinski definition) is 8. The second-order valence-electron chi connectivity index (χ2n) is 10.5. The fourth-order valence-corrected chi connectivity index (χ4v) is 5.79. The molecule has 10 nitrogen and oxygen atoms in total. The maximum Gasteiger partial charge on any atom is 0.234 e. The van der Waals surface area contributed by atoms with Crippen LogP contribution in [0.4, 0.5) is 11.4 Å². The largest absolute Gasteiger partial charge is 0.325 e. The molecule has 0 radical (unpaired) electrons. The Kier molecular flexibility index (Phi) is 10.2. The van der Waals surface area contributed by atoms with Crippen molar-refractivity contribution in [1.82, 2.24) is 30.8 Å². The van der Waals surface area contributed by atoms with E-state index >= 15 is 0 Å². The molecule has 0 bridgehead atoms. The molecule has 0 atom stereocenters. The number of H-pyrrole nitrogens is 2. The highest BCUT2D eigenvalue weighted by molar-refractivity contribution is 8.00. The van der Waals surface area contributed by atoms with Gasteiger partial charge in [-0.25, -0.2) is 0 Å². The Labute approximate surface area is 248 Å². The summed E-state index contributed by atoms with van der Waals surface area (Å²) in [5.74, 6) is 0.810. The second-order valence-corrected chi connectivity index (χ2v) is 12.5. The Balaban J connectivity index is 1.50. The van der Waals surface area contributed by atoms with Gasteiger partial charge in [0.25, 0.3) is 0 Å². The number of aromatic amines is 2. The van der Waals surface area contributed by atoms with E-state index in [9.17, 15) is 9.59 Å². The minimum Gasteiger partial charge on any atom is -0.325 e. The molecule has 41 heavy (non-hydrogen) atoms. The average Bonchev–Trinajstić information content (AvgIpc) is 3.63. The Morgan fingerprint density at radius 3 is 1.49 bits per heavy atom. The second kappa shape index (κ2) is 13.8. The molecule has 0 unspecified atom stereocenters. The number of aromatic nitrogens is 6. The molecule has 0 aliphatic rings. The van der Waals surface area contributed by atoms with Gasteiger partial charge in [-0.15, -0.1) is 10.2 Å². The van der Waals surface area contributed by atoms with Crippen molar-refractivity contribution in [2.75, 3.05) is 22.1 Å². The van der Waals surface area contributed by atoms with Crippen molar-refractivity contribution in [3.05, 3.63) is 70.0 Å². The Bertz CT molecular complexity index is 1370. The monoisotopic (exact) mass is 592 g/mol. The third-order valence-electron chi connectivity index (χ3n) is 6.52. The summed E-state index contributed by atoms with van der Waals surface area (Å²) in [4.78, 5) is 25.5. The van der Waals surface area contributed by atoms with E-state index in [1.807, 2.05) is 13.8 Å². The standard InChI is InChI=1S/C29H36N8O2S2/c1-16(2)22-10-20(7-18(5)28(22)32-24(38)14-40-26-12-30-36-34-26)9-21-8-19(6)29(23(11-21)17(3)4)33-25(39)15-41-27-13-31-37-35-27/h7-8,10-13,16-17H,9,14-15H2,1-6H3,(H,32,38)(H,33,39)(H,30,34,36)(H,31,35,37). The highest BCUT2D eigenvalue weighted by Gasteiger charge is 2.18. The first-order chi connectivity index (χ1) is 19.6. The lowest BCUT2D eigenvalue weighted by Crippen LogP contribution is -2.17. The molecule has 2 aromatic heterocycles. The van der Waals surface area contributed by atoms with Gasteiger partial charge in [0.05, 0.1) is 23.9 Å². The maximum atomic E-state index is 12.7. The fraction of sp³-hybridized carbons (Fsp3) is 0.379. The topological polar surface area (TPSA) is 141 Å². The number of anilines is 2. The van der Waals surface area contributed by atoms with Crippen molar-refractivity contribution in [2.24, 2.45) is 0 Å². The molecule has 4 aromatic rings. The molecule has 0 saturated heterocycles. The fourth-order valence-electron chi connectivity index (χ4n) is 4.63. The van der Waals surface area contributed by atoms with Crippen LogP contribution in [-0.4, -0.2) is 54.1 Å². The van der Waals surface area contributed by atoms with Crippen LogP contribution in [-0.2, 0) is 16.0 Å². The van der Waals surface area contributed by atoms with Crippen molar-refractivity contribution >= 4 is 46.7 Å².